The van der Waals surface area contributed by atoms with Crippen LogP contribution in [0.15, 0.2) is 25.8 Å². The number of nitrogens with zero attached hydrogens (tertiary/aromatic N) is 2. The molecule has 6 nitrogen and oxygen atoms in total. The summed E-state index contributed by atoms with van der Waals surface area (Å²) in [5, 5.41) is 14.1. The Morgan fingerprint density at radius 2 is 2.26 bits per heavy atom. The maximum absolute atomic E-state index is 12.0. The molecule has 1 amide bonds. The summed E-state index contributed by atoms with van der Waals surface area (Å²) in [5.41, 5.74) is 0.962. The SMILES string of the molecule is CN(Cc1csc(Br)c1)C(=O)c1cc(C(=O)O)on1. The lowest BCUT2D eigenvalue weighted by molar-refractivity contribution is 0.0649. The molecule has 0 spiro atoms. The summed E-state index contributed by atoms with van der Waals surface area (Å²) in [6.07, 6.45) is 0. The van der Waals surface area contributed by atoms with Gasteiger partial charge in [-0.1, -0.05) is 5.16 Å². The van der Waals surface area contributed by atoms with Gasteiger partial charge in [0.2, 0.25) is 5.76 Å². The Morgan fingerprint density at radius 1 is 1.53 bits per heavy atom. The second-order valence-corrected chi connectivity index (χ2v) is 6.09. The van der Waals surface area contributed by atoms with E-state index in [1.165, 1.54) is 16.2 Å². The summed E-state index contributed by atoms with van der Waals surface area (Å²) < 4.78 is 5.53. The summed E-state index contributed by atoms with van der Waals surface area (Å²) in [7, 11) is 1.61. The zero-order valence-corrected chi connectivity index (χ0v) is 12.2. The van der Waals surface area contributed by atoms with Gasteiger partial charge < -0.3 is 14.5 Å². The van der Waals surface area contributed by atoms with Gasteiger partial charge in [-0.25, -0.2) is 4.79 Å². The number of carboxylic acids is 1. The summed E-state index contributed by atoms with van der Waals surface area (Å²) in [6, 6.07) is 3.03. The first kappa shape index (κ1) is 13.8. The van der Waals surface area contributed by atoms with Gasteiger partial charge in [0, 0.05) is 19.7 Å². The molecular weight excluding hydrogens is 336 g/mol. The van der Waals surface area contributed by atoms with E-state index >= 15 is 0 Å². The number of rotatable bonds is 4. The Bertz CT molecular complexity index is 622. The first-order valence-electron chi connectivity index (χ1n) is 5.15. The molecule has 2 rings (SSSR count). The number of hydrogen-bond donors (Lipinski definition) is 1. The second-order valence-electron chi connectivity index (χ2n) is 3.80. The van der Waals surface area contributed by atoms with Gasteiger partial charge in [0.15, 0.2) is 5.69 Å². The van der Waals surface area contributed by atoms with Crippen LogP contribution in [0, 0.1) is 0 Å². The van der Waals surface area contributed by atoms with Crippen LogP contribution in [-0.2, 0) is 6.54 Å². The fourth-order valence-corrected chi connectivity index (χ4v) is 2.65. The van der Waals surface area contributed by atoms with Crippen molar-refractivity contribution in [2.24, 2.45) is 0 Å². The number of hydrogen-bond acceptors (Lipinski definition) is 5. The molecule has 0 aromatic carbocycles. The minimum Gasteiger partial charge on any atom is -0.475 e. The minimum absolute atomic E-state index is 0.0193. The predicted octanol–water partition coefficient (Wildman–Crippen LogP) is 2.47. The maximum atomic E-state index is 12.0. The first-order chi connectivity index (χ1) is 8.97. The third-order valence-corrected chi connectivity index (χ3v) is 3.88. The average Bonchev–Trinajstić information content (AvgIpc) is 2.97. The minimum atomic E-state index is -1.25. The van der Waals surface area contributed by atoms with E-state index in [4.69, 9.17) is 5.11 Å². The Morgan fingerprint density at radius 3 is 2.79 bits per heavy atom. The van der Waals surface area contributed by atoms with Gasteiger partial charge >= 0.3 is 5.97 Å². The van der Waals surface area contributed by atoms with Gasteiger partial charge in [-0.3, -0.25) is 4.79 Å². The summed E-state index contributed by atoms with van der Waals surface area (Å²) in [5.74, 6) is -2.00. The van der Waals surface area contributed by atoms with Crippen LogP contribution in [0.5, 0.6) is 0 Å². The predicted molar refractivity (Wildman–Crippen MR) is 71.3 cm³/mol. The molecule has 0 aliphatic carbocycles. The number of thiophene rings is 1. The van der Waals surface area contributed by atoms with Crippen LogP contribution >= 0.6 is 27.3 Å². The number of carboxylic acid groups (broad SMARTS) is 1. The van der Waals surface area contributed by atoms with Crippen LogP contribution in [0.3, 0.4) is 0 Å². The topological polar surface area (TPSA) is 83.6 Å². The molecule has 1 N–H and O–H groups in total. The number of aromatic nitrogens is 1. The van der Waals surface area contributed by atoms with E-state index in [1.807, 2.05) is 11.4 Å². The summed E-state index contributed by atoms with van der Waals surface area (Å²) in [6.45, 7) is 0.413. The molecule has 0 radical (unpaired) electrons. The van der Waals surface area contributed by atoms with E-state index in [-0.39, 0.29) is 11.5 Å². The molecule has 0 bridgehead atoms. The Labute approximate surface area is 120 Å². The largest absolute Gasteiger partial charge is 0.475 e. The molecule has 0 atom stereocenters. The van der Waals surface area contributed by atoms with Crippen LogP contribution in [0.1, 0.15) is 26.6 Å². The summed E-state index contributed by atoms with van der Waals surface area (Å²) >= 11 is 4.87. The van der Waals surface area contributed by atoms with Gasteiger partial charge in [-0.15, -0.1) is 11.3 Å². The molecule has 2 aromatic rings. The fraction of sp³-hybridized carbons (Fsp3) is 0.182. The molecular formula is C11H9BrN2O4S. The van der Waals surface area contributed by atoms with Crippen molar-refractivity contribution in [3.05, 3.63) is 38.3 Å². The highest BCUT2D eigenvalue weighted by Gasteiger charge is 2.20. The zero-order valence-electron chi connectivity index (χ0n) is 9.79. The lowest BCUT2D eigenvalue weighted by Crippen LogP contribution is -2.26. The van der Waals surface area contributed by atoms with Crippen molar-refractivity contribution in [3.63, 3.8) is 0 Å². The lowest BCUT2D eigenvalue weighted by Gasteiger charge is -2.14. The number of amides is 1. The Balaban J connectivity index is 2.07. The number of carbonyl (C=O) groups is 2. The molecule has 19 heavy (non-hydrogen) atoms. The van der Waals surface area contributed by atoms with Crippen LogP contribution < -0.4 is 0 Å². The average molecular weight is 345 g/mol. The molecule has 2 heterocycles. The molecule has 0 saturated heterocycles. The van der Waals surface area contributed by atoms with Crippen molar-refractivity contribution in [1.29, 1.82) is 0 Å². The normalized spacial score (nSPS) is 10.4. The highest BCUT2D eigenvalue weighted by Crippen LogP contribution is 2.21. The van der Waals surface area contributed by atoms with E-state index in [0.29, 0.717) is 6.54 Å². The van der Waals surface area contributed by atoms with Gasteiger partial charge in [0.05, 0.1) is 3.79 Å². The van der Waals surface area contributed by atoms with Crippen molar-refractivity contribution in [2.45, 2.75) is 6.54 Å². The molecule has 0 aliphatic heterocycles. The van der Waals surface area contributed by atoms with E-state index < -0.39 is 11.9 Å². The maximum Gasteiger partial charge on any atom is 0.374 e. The number of aromatic carboxylic acids is 1. The van der Waals surface area contributed by atoms with Crippen molar-refractivity contribution in [1.82, 2.24) is 10.1 Å². The van der Waals surface area contributed by atoms with Crippen molar-refractivity contribution in [3.8, 4) is 0 Å². The summed E-state index contributed by atoms with van der Waals surface area (Å²) in [4.78, 5) is 24.1. The van der Waals surface area contributed by atoms with E-state index in [1.54, 1.807) is 7.05 Å². The number of halogens is 1. The highest BCUT2D eigenvalue weighted by molar-refractivity contribution is 9.11. The van der Waals surface area contributed by atoms with E-state index in [0.717, 1.165) is 15.4 Å². The monoisotopic (exact) mass is 344 g/mol. The lowest BCUT2D eigenvalue weighted by atomic mass is 10.3. The molecule has 0 aliphatic rings. The zero-order chi connectivity index (χ0) is 14.0. The molecule has 0 fully saturated rings. The highest BCUT2D eigenvalue weighted by atomic mass is 79.9. The van der Waals surface area contributed by atoms with E-state index in [9.17, 15) is 9.59 Å². The van der Waals surface area contributed by atoms with Gasteiger partial charge in [0.25, 0.3) is 5.91 Å². The Hall–Kier alpha value is -1.67. The van der Waals surface area contributed by atoms with Crippen molar-refractivity contribution in [2.75, 3.05) is 7.05 Å². The molecule has 2 aromatic heterocycles. The standard InChI is InChI=1S/C11H9BrN2O4S/c1-14(4-6-2-9(12)19-5-6)10(15)7-3-8(11(16)17)18-13-7/h2-3,5H,4H2,1H3,(H,16,17). The quantitative estimate of drug-likeness (QED) is 0.920. The second kappa shape index (κ2) is 5.54. The molecule has 0 saturated carbocycles. The smallest absolute Gasteiger partial charge is 0.374 e. The van der Waals surface area contributed by atoms with Crippen molar-refractivity contribution >= 4 is 39.1 Å². The van der Waals surface area contributed by atoms with Gasteiger partial charge in [0.1, 0.15) is 0 Å². The van der Waals surface area contributed by atoms with E-state index in [2.05, 4.69) is 25.6 Å². The Kier molecular flexibility index (Phi) is 4.01. The van der Waals surface area contributed by atoms with Crippen LogP contribution in [0.25, 0.3) is 0 Å². The van der Waals surface area contributed by atoms with Crippen LogP contribution in [0.4, 0.5) is 0 Å². The fourth-order valence-electron chi connectivity index (χ4n) is 1.45. The number of carbonyl (C=O) groups excluding carboxylic acids is 1. The van der Waals surface area contributed by atoms with Crippen LogP contribution in [-0.4, -0.2) is 34.1 Å². The molecule has 8 heteroatoms. The van der Waals surface area contributed by atoms with Crippen LogP contribution in [0.2, 0.25) is 0 Å². The van der Waals surface area contributed by atoms with Crippen molar-refractivity contribution < 1.29 is 19.2 Å². The first-order valence-corrected chi connectivity index (χ1v) is 6.83. The van der Waals surface area contributed by atoms with Gasteiger partial charge in [-0.2, -0.15) is 0 Å². The molecule has 0 unspecified atom stereocenters. The van der Waals surface area contributed by atoms with Gasteiger partial charge in [-0.05, 0) is 32.9 Å². The third kappa shape index (κ3) is 3.21. The molecule has 100 valence electrons. The third-order valence-electron chi connectivity index (χ3n) is 2.33.